The number of halogens is 4. The van der Waals surface area contributed by atoms with Crippen LogP contribution in [0.4, 0.5) is 30.2 Å². The van der Waals surface area contributed by atoms with Gasteiger partial charge >= 0.3 is 6.18 Å². The third kappa shape index (κ3) is 4.21. The number of hydrogen-bond donors (Lipinski definition) is 3. The Bertz CT molecular complexity index is 710. The lowest BCUT2D eigenvalue weighted by atomic mass is 9.75. The zero-order valence-corrected chi connectivity index (χ0v) is 17.2. The number of nitrogen functional groups attached to an aromatic ring is 1. The van der Waals surface area contributed by atoms with E-state index in [1.165, 1.54) is 0 Å². The highest BCUT2D eigenvalue weighted by Crippen LogP contribution is 2.42. The van der Waals surface area contributed by atoms with Gasteiger partial charge in [-0.1, -0.05) is 0 Å². The lowest BCUT2D eigenvalue weighted by molar-refractivity contribution is -0.200. The van der Waals surface area contributed by atoms with Crippen LogP contribution in [0.15, 0.2) is 16.6 Å². The molecule has 1 aromatic carbocycles. The Morgan fingerprint density at radius 2 is 1.86 bits per heavy atom. The Balaban J connectivity index is 1.31. The number of alkyl halides is 3. The highest BCUT2D eigenvalue weighted by molar-refractivity contribution is 9.10. The van der Waals surface area contributed by atoms with Gasteiger partial charge in [-0.2, -0.15) is 13.2 Å². The fourth-order valence-electron chi connectivity index (χ4n) is 4.52. The Labute approximate surface area is 171 Å². The molecule has 4 N–H and O–H groups in total. The summed E-state index contributed by atoms with van der Waals surface area (Å²) >= 11 is 3.42. The molecule has 2 saturated heterocycles. The van der Waals surface area contributed by atoms with Gasteiger partial charge in [0.05, 0.1) is 34.7 Å². The van der Waals surface area contributed by atoms with Crippen LogP contribution in [0, 0.1) is 5.41 Å². The number of nitrogens with zero attached hydrogens (tertiary/aromatic N) is 1. The molecule has 0 bridgehead atoms. The molecule has 9 heteroatoms. The summed E-state index contributed by atoms with van der Waals surface area (Å²) in [5.74, 6) is 0. The predicted molar refractivity (Wildman–Crippen MR) is 108 cm³/mol. The molecule has 2 heterocycles. The molecule has 0 aromatic heterocycles. The van der Waals surface area contributed by atoms with Gasteiger partial charge in [-0.05, 0) is 53.7 Å². The third-order valence-corrected chi connectivity index (χ3v) is 6.93. The first-order chi connectivity index (χ1) is 13.2. The number of benzene rings is 1. The molecular weight excluding hydrogens is 437 g/mol. The van der Waals surface area contributed by atoms with Crippen LogP contribution in [0.5, 0.6) is 0 Å². The van der Waals surface area contributed by atoms with Crippen molar-refractivity contribution in [2.24, 2.45) is 5.41 Å². The van der Waals surface area contributed by atoms with Gasteiger partial charge < -0.3 is 21.1 Å². The number of nitrogens with two attached hydrogens (primary N) is 1. The molecule has 1 spiro atoms. The van der Waals surface area contributed by atoms with E-state index in [4.69, 9.17) is 10.5 Å². The van der Waals surface area contributed by atoms with Gasteiger partial charge in [0.1, 0.15) is 6.54 Å². The van der Waals surface area contributed by atoms with Crippen LogP contribution in [-0.4, -0.2) is 56.0 Å². The van der Waals surface area contributed by atoms with Gasteiger partial charge in [0.2, 0.25) is 0 Å². The Morgan fingerprint density at radius 1 is 1.18 bits per heavy atom. The number of ether oxygens (including phenoxy) is 1. The minimum absolute atomic E-state index is 0.282. The fourth-order valence-corrected chi connectivity index (χ4v) is 5.14. The van der Waals surface area contributed by atoms with E-state index in [9.17, 15) is 13.2 Å². The molecule has 0 amide bonds. The summed E-state index contributed by atoms with van der Waals surface area (Å²) in [6, 6.07) is 4.41. The first-order valence-electron chi connectivity index (χ1n) is 9.72. The first-order valence-corrected chi connectivity index (χ1v) is 10.5. The van der Waals surface area contributed by atoms with Crippen LogP contribution < -0.4 is 16.4 Å². The Kier molecular flexibility index (Phi) is 5.43. The van der Waals surface area contributed by atoms with Crippen LogP contribution in [-0.2, 0) is 4.74 Å². The smallest absolute Gasteiger partial charge is 0.397 e. The summed E-state index contributed by atoms with van der Waals surface area (Å²) in [5.41, 5.74) is 7.66. The minimum Gasteiger partial charge on any atom is -0.397 e. The van der Waals surface area contributed by atoms with Crippen LogP contribution in [0.3, 0.4) is 0 Å². The molecule has 4 rings (SSSR count). The van der Waals surface area contributed by atoms with Crippen molar-refractivity contribution in [1.82, 2.24) is 4.90 Å². The summed E-state index contributed by atoms with van der Waals surface area (Å²) in [6.07, 6.45) is 0.0785. The fraction of sp³-hybridized carbons (Fsp3) is 0.684. The van der Waals surface area contributed by atoms with Crippen molar-refractivity contribution in [3.8, 4) is 0 Å². The molecule has 28 heavy (non-hydrogen) atoms. The maximum absolute atomic E-state index is 12.5. The number of anilines is 3. The maximum atomic E-state index is 12.5. The average molecular weight is 463 g/mol. The molecule has 2 aliphatic heterocycles. The van der Waals surface area contributed by atoms with Gasteiger partial charge in [0, 0.05) is 30.6 Å². The van der Waals surface area contributed by atoms with E-state index in [0.717, 1.165) is 57.7 Å². The third-order valence-electron chi connectivity index (χ3n) is 6.11. The minimum atomic E-state index is -4.30. The van der Waals surface area contributed by atoms with Crippen molar-refractivity contribution < 1.29 is 17.9 Å². The van der Waals surface area contributed by atoms with Gasteiger partial charge in [-0.15, -0.1) is 0 Å². The first kappa shape index (κ1) is 20.1. The molecular formula is C19H26BrF3N4O. The van der Waals surface area contributed by atoms with E-state index in [2.05, 4.69) is 31.5 Å². The van der Waals surface area contributed by atoms with E-state index >= 15 is 0 Å². The molecule has 1 aromatic rings. The lowest BCUT2D eigenvalue weighted by Crippen LogP contribution is -2.68. The summed E-state index contributed by atoms with van der Waals surface area (Å²) in [7, 11) is 0. The van der Waals surface area contributed by atoms with Crippen molar-refractivity contribution >= 4 is 33.0 Å². The van der Waals surface area contributed by atoms with E-state index in [1.807, 2.05) is 6.07 Å². The van der Waals surface area contributed by atoms with E-state index in [0.29, 0.717) is 22.0 Å². The number of hydrogen-bond acceptors (Lipinski definition) is 5. The number of rotatable bonds is 5. The summed E-state index contributed by atoms with van der Waals surface area (Å²) in [5, 5.41) is 5.89. The molecule has 156 valence electrons. The van der Waals surface area contributed by atoms with Crippen molar-refractivity contribution in [2.45, 2.75) is 43.9 Å². The quantitative estimate of drug-likeness (QED) is 0.575. The number of likely N-dealkylation sites (tertiary alicyclic amines) is 1. The number of nitrogens with one attached hydrogen (secondary N) is 2. The van der Waals surface area contributed by atoms with Crippen molar-refractivity contribution in [1.29, 1.82) is 0 Å². The van der Waals surface area contributed by atoms with Crippen LogP contribution in [0.25, 0.3) is 0 Å². The van der Waals surface area contributed by atoms with E-state index in [1.54, 1.807) is 6.07 Å². The van der Waals surface area contributed by atoms with Crippen molar-refractivity contribution in [3.63, 3.8) is 0 Å². The second-order valence-electron chi connectivity index (χ2n) is 8.41. The summed E-state index contributed by atoms with van der Waals surface area (Å²) in [4.78, 5) is 2.58. The molecule has 0 unspecified atom stereocenters. The van der Waals surface area contributed by atoms with Gasteiger partial charge in [0.25, 0.3) is 0 Å². The Hall–Kier alpha value is -1.19. The average Bonchev–Trinajstić information content (AvgIpc) is 2.55. The van der Waals surface area contributed by atoms with Crippen molar-refractivity contribution in [2.75, 3.05) is 49.2 Å². The van der Waals surface area contributed by atoms with E-state index < -0.39 is 12.7 Å². The topological polar surface area (TPSA) is 62.5 Å². The second-order valence-corrected chi connectivity index (χ2v) is 9.20. The normalized spacial score (nSPS) is 27.1. The molecule has 3 aliphatic rings. The molecule has 0 radical (unpaired) electrons. The van der Waals surface area contributed by atoms with Crippen LogP contribution >= 0.6 is 15.9 Å². The van der Waals surface area contributed by atoms with Gasteiger partial charge in [-0.3, -0.25) is 4.90 Å². The highest BCUT2D eigenvalue weighted by atomic mass is 79.9. The molecule has 3 fully saturated rings. The van der Waals surface area contributed by atoms with Crippen molar-refractivity contribution in [3.05, 3.63) is 16.6 Å². The molecule has 0 atom stereocenters. The second kappa shape index (κ2) is 7.57. The lowest BCUT2D eigenvalue weighted by Gasteiger charge is -2.58. The maximum Gasteiger partial charge on any atom is 0.405 e. The van der Waals surface area contributed by atoms with Crippen LogP contribution in [0.2, 0.25) is 0 Å². The largest absolute Gasteiger partial charge is 0.405 e. The predicted octanol–water partition coefficient (Wildman–Crippen LogP) is 4.06. The molecule has 1 aliphatic carbocycles. The van der Waals surface area contributed by atoms with Gasteiger partial charge in [0.15, 0.2) is 0 Å². The van der Waals surface area contributed by atoms with Crippen LogP contribution in [0.1, 0.15) is 25.7 Å². The monoisotopic (exact) mass is 462 g/mol. The Morgan fingerprint density at radius 3 is 2.43 bits per heavy atom. The molecule has 1 saturated carbocycles. The zero-order chi connectivity index (χ0) is 19.9. The SMILES string of the molecule is Nc1ccc(NC2CCC(N3CC4(COC4)C3)CC2)c(Br)c1NCC(F)(F)F. The summed E-state index contributed by atoms with van der Waals surface area (Å²) in [6.45, 7) is 3.03. The summed E-state index contributed by atoms with van der Waals surface area (Å²) < 4.78 is 43.5. The molecule has 5 nitrogen and oxygen atoms in total. The highest BCUT2D eigenvalue weighted by Gasteiger charge is 2.50. The zero-order valence-electron chi connectivity index (χ0n) is 15.6. The van der Waals surface area contributed by atoms with E-state index in [-0.39, 0.29) is 11.4 Å². The van der Waals surface area contributed by atoms with Gasteiger partial charge in [-0.25, -0.2) is 0 Å². The standard InChI is InChI=1S/C19H26BrF3N4O/c20-16-15(6-5-14(24)17(16)25-7-19(21,22)23)26-12-1-3-13(4-2-12)27-8-18(9-27)10-28-11-18/h5-6,12-13,25-26H,1-4,7-11,24H2.